The van der Waals surface area contributed by atoms with E-state index in [4.69, 9.17) is 5.73 Å². The number of nitrogens with two attached hydrogens (primary N) is 1. The molecule has 154 valence electrons. The zero-order chi connectivity index (χ0) is 20.1. The molecule has 3 fully saturated rings. The number of hydrogen-bond acceptors (Lipinski definition) is 4. The van der Waals surface area contributed by atoms with Gasteiger partial charge in [0, 0.05) is 43.9 Å². The lowest BCUT2D eigenvalue weighted by Gasteiger charge is -2.33. The molecule has 4 rings (SSSR count). The molecule has 2 aliphatic heterocycles. The lowest BCUT2D eigenvalue weighted by atomic mass is 9.96. The first kappa shape index (κ1) is 19.3. The van der Waals surface area contributed by atoms with Crippen LogP contribution in [-0.4, -0.2) is 55.1 Å². The second-order valence-corrected chi connectivity index (χ2v) is 7.97. The molecule has 0 unspecified atom stereocenters. The van der Waals surface area contributed by atoms with Gasteiger partial charge in [0.25, 0.3) is 0 Å². The molecule has 2 saturated heterocycles. The van der Waals surface area contributed by atoms with Crippen LogP contribution in [0.3, 0.4) is 0 Å². The fraction of sp³-hybridized carbons (Fsp3) is 0.632. The van der Waals surface area contributed by atoms with Crippen LogP contribution < -0.4 is 15.4 Å². The molecule has 3 aliphatic rings. The third-order valence-corrected chi connectivity index (χ3v) is 6.28. The van der Waals surface area contributed by atoms with Crippen molar-refractivity contribution in [3.63, 3.8) is 0 Å². The van der Waals surface area contributed by atoms with Crippen molar-refractivity contribution < 1.29 is 27.1 Å². The second-order valence-electron chi connectivity index (χ2n) is 7.97. The van der Waals surface area contributed by atoms with Gasteiger partial charge in [-0.2, -0.15) is 0 Å². The highest BCUT2D eigenvalue weighted by molar-refractivity contribution is 5.80. The van der Waals surface area contributed by atoms with Gasteiger partial charge in [0.05, 0.1) is 6.04 Å². The van der Waals surface area contributed by atoms with Gasteiger partial charge in [-0.15, -0.1) is 13.2 Å². The molecular weight excluding hydrogens is 378 g/mol. The van der Waals surface area contributed by atoms with E-state index in [-0.39, 0.29) is 30.7 Å². The fourth-order valence-corrected chi connectivity index (χ4v) is 5.19. The van der Waals surface area contributed by atoms with Gasteiger partial charge >= 0.3 is 6.36 Å². The monoisotopic (exact) mass is 401 g/mol. The average molecular weight is 401 g/mol. The van der Waals surface area contributed by atoms with Crippen molar-refractivity contribution in [2.24, 2.45) is 17.6 Å². The van der Waals surface area contributed by atoms with Crippen molar-refractivity contribution >= 4 is 11.6 Å². The largest absolute Gasteiger partial charge is 0.573 e. The number of benzene rings is 1. The molecule has 1 amide bonds. The summed E-state index contributed by atoms with van der Waals surface area (Å²) < 4.78 is 55.4. The van der Waals surface area contributed by atoms with E-state index in [9.17, 15) is 22.4 Å². The Morgan fingerprint density at radius 1 is 1.18 bits per heavy atom. The van der Waals surface area contributed by atoms with Crippen LogP contribution in [0.15, 0.2) is 24.3 Å². The first-order valence-corrected chi connectivity index (χ1v) is 9.51. The third kappa shape index (κ3) is 3.76. The number of fused-ring (bicyclic) bond motifs is 1. The second kappa shape index (κ2) is 7.09. The van der Waals surface area contributed by atoms with Crippen molar-refractivity contribution in [1.29, 1.82) is 0 Å². The van der Waals surface area contributed by atoms with Crippen LogP contribution in [0.5, 0.6) is 5.75 Å². The first-order chi connectivity index (χ1) is 13.2. The van der Waals surface area contributed by atoms with Crippen molar-refractivity contribution in [3.05, 3.63) is 24.3 Å². The van der Waals surface area contributed by atoms with Crippen LogP contribution in [0.2, 0.25) is 0 Å². The molecule has 0 spiro atoms. The molecule has 0 radical (unpaired) electrons. The number of carbonyl (C=O) groups is 1. The summed E-state index contributed by atoms with van der Waals surface area (Å²) >= 11 is 0. The lowest BCUT2D eigenvalue weighted by Crippen LogP contribution is -2.48. The molecule has 5 atom stereocenters. The highest BCUT2D eigenvalue weighted by Gasteiger charge is 2.49. The Morgan fingerprint density at radius 3 is 2.68 bits per heavy atom. The van der Waals surface area contributed by atoms with Crippen LogP contribution in [0, 0.1) is 11.8 Å². The predicted octanol–water partition coefficient (Wildman–Crippen LogP) is 2.70. The van der Waals surface area contributed by atoms with Gasteiger partial charge < -0.3 is 15.4 Å². The molecule has 5 nitrogen and oxygen atoms in total. The van der Waals surface area contributed by atoms with Crippen molar-refractivity contribution in [1.82, 2.24) is 4.90 Å². The molecule has 2 N–H and O–H groups in total. The van der Waals surface area contributed by atoms with Crippen LogP contribution in [0.4, 0.5) is 23.2 Å². The SMILES string of the molecule is NC(=O)[C@@H]1C[C@@H](F)CN1[C@H]1CC[C@@H]2CN(c3cccc(OC(F)(F)F)c3)C[C@@H]21. The maximum Gasteiger partial charge on any atom is 0.573 e. The highest BCUT2D eigenvalue weighted by atomic mass is 19.4. The van der Waals surface area contributed by atoms with Gasteiger partial charge in [0.2, 0.25) is 5.91 Å². The van der Waals surface area contributed by atoms with E-state index in [0.29, 0.717) is 18.2 Å². The van der Waals surface area contributed by atoms with Crippen LogP contribution >= 0.6 is 0 Å². The number of carbonyl (C=O) groups excluding carboxylic acids is 1. The average Bonchev–Trinajstić information content (AvgIpc) is 3.26. The van der Waals surface area contributed by atoms with Crippen molar-refractivity contribution in [2.45, 2.75) is 43.9 Å². The minimum Gasteiger partial charge on any atom is -0.406 e. The molecular formula is C19H23F4N3O2. The zero-order valence-corrected chi connectivity index (χ0v) is 15.2. The summed E-state index contributed by atoms with van der Waals surface area (Å²) in [6, 6.07) is 5.47. The Hall–Kier alpha value is -2.03. The maximum absolute atomic E-state index is 13.9. The van der Waals surface area contributed by atoms with Gasteiger partial charge in [0.15, 0.2) is 0 Å². The third-order valence-electron chi connectivity index (χ3n) is 6.28. The van der Waals surface area contributed by atoms with E-state index in [2.05, 4.69) is 4.74 Å². The number of anilines is 1. The number of rotatable bonds is 4. The van der Waals surface area contributed by atoms with Gasteiger partial charge in [-0.05, 0) is 36.8 Å². The summed E-state index contributed by atoms with van der Waals surface area (Å²) in [5, 5.41) is 0. The molecule has 1 aromatic rings. The highest BCUT2D eigenvalue weighted by Crippen LogP contribution is 2.44. The standard InChI is InChI=1S/C19H23F4N3O2/c20-12-6-17(18(24)27)26(9-12)16-5-4-11-8-25(10-15(11)16)13-2-1-3-14(7-13)28-19(21,22)23/h1-3,7,11-12,15-17H,4-6,8-10H2,(H2,24,27)/t11-,12-,15+,16+,17+/m1/s1. The van der Waals surface area contributed by atoms with E-state index in [0.717, 1.165) is 19.4 Å². The molecule has 0 bridgehead atoms. The quantitative estimate of drug-likeness (QED) is 0.789. The van der Waals surface area contributed by atoms with Gasteiger partial charge in [-0.25, -0.2) is 4.39 Å². The molecule has 9 heteroatoms. The minimum absolute atomic E-state index is 0.0721. The number of primary amides is 1. The number of halogens is 4. The van der Waals surface area contributed by atoms with Crippen molar-refractivity contribution in [3.8, 4) is 5.75 Å². The van der Waals surface area contributed by atoms with Gasteiger partial charge in [-0.1, -0.05) is 6.07 Å². The summed E-state index contributed by atoms with van der Waals surface area (Å²) in [4.78, 5) is 15.7. The number of ether oxygens (including phenoxy) is 1. The molecule has 2 heterocycles. The number of hydrogen-bond donors (Lipinski definition) is 1. The summed E-state index contributed by atoms with van der Waals surface area (Å²) in [5.74, 6) is -0.133. The molecule has 1 saturated carbocycles. The fourth-order valence-electron chi connectivity index (χ4n) is 5.19. The molecule has 1 aromatic carbocycles. The minimum atomic E-state index is -4.73. The Bertz CT molecular complexity index is 744. The van der Waals surface area contributed by atoms with E-state index in [1.807, 2.05) is 9.80 Å². The van der Waals surface area contributed by atoms with Gasteiger partial charge in [0.1, 0.15) is 11.9 Å². The smallest absolute Gasteiger partial charge is 0.406 e. The Labute approximate surface area is 160 Å². The van der Waals surface area contributed by atoms with Crippen molar-refractivity contribution in [2.75, 3.05) is 24.5 Å². The lowest BCUT2D eigenvalue weighted by molar-refractivity contribution is -0.274. The Balaban J connectivity index is 1.48. The summed E-state index contributed by atoms with van der Waals surface area (Å²) in [6.45, 7) is 1.60. The maximum atomic E-state index is 13.9. The number of nitrogens with zero attached hydrogens (tertiary/aromatic N) is 2. The summed E-state index contributed by atoms with van der Waals surface area (Å²) in [5.41, 5.74) is 6.15. The van der Waals surface area contributed by atoms with E-state index in [1.165, 1.54) is 12.1 Å². The summed E-state index contributed by atoms with van der Waals surface area (Å²) in [7, 11) is 0. The molecule has 0 aromatic heterocycles. The van der Waals surface area contributed by atoms with E-state index in [1.54, 1.807) is 12.1 Å². The molecule has 1 aliphatic carbocycles. The Morgan fingerprint density at radius 2 is 1.96 bits per heavy atom. The van der Waals surface area contributed by atoms with E-state index < -0.39 is 24.5 Å². The van der Waals surface area contributed by atoms with Crippen LogP contribution in [0.1, 0.15) is 19.3 Å². The molecule has 28 heavy (non-hydrogen) atoms. The van der Waals surface area contributed by atoms with E-state index >= 15 is 0 Å². The number of likely N-dealkylation sites (tertiary alicyclic amines) is 1. The number of alkyl halides is 4. The Kier molecular flexibility index (Phi) is 4.89. The van der Waals surface area contributed by atoms with Gasteiger partial charge in [-0.3, -0.25) is 9.69 Å². The van der Waals surface area contributed by atoms with Crippen LogP contribution in [-0.2, 0) is 4.79 Å². The first-order valence-electron chi connectivity index (χ1n) is 9.51. The normalized spacial score (nSPS) is 33.3. The van der Waals surface area contributed by atoms with Crippen LogP contribution in [0.25, 0.3) is 0 Å². The topological polar surface area (TPSA) is 58.8 Å². The predicted molar refractivity (Wildman–Crippen MR) is 94.5 cm³/mol. The number of amides is 1. The zero-order valence-electron chi connectivity index (χ0n) is 15.2. The summed E-state index contributed by atoms with van der Waals surface area (Å²) in [6.07, 6.45) is -3.80.